The van der Waals surface area contributed by atoms with E-state index < -0.39 is 4.92 Å². The number of aryl methyl sites for hydroxylation is 2. The molecule has 0 saturated carbocycles. The van der Waals surface area contributed by atoms with Crippen molar-refractivity contribution in [2.75, 3.05) is 12.4 Å². The van der Waals surface area contributed by atoms with Gasteiger partial charge in [-0.25, -0.2) is 0 Å². The number of anilines is 1. The molecule has 2 aromatic heterocycles. The Kier molecular flexibility index (Phi) is 4.32. The lowest BCUT2D eigenvalue weighted by Gasteiger charge is -2.10. The summed E-state index contributed by atoms with van der Waals surface area (Å²) in [7, 11) is 1.68. The molecule has 0 bridgehead atoms. The molecule has 0 saturated heterocycles. The lowest BCUT2D eigenvalue weighted by Crippen LogP contribution is -2.02. The van der Waals surface area contributed by atoms with Gasteiger partial charge in [0.25, 0.3) is 0 Å². The molecule has 0 aromatic carbocycles. The predicted molar refractivity (Wildman–Crippen MR) is 78.9 cm³/mol. The number of nitrogens with one attached hydrogen (secondary N) is 1. The van der Waals surface area contributed by atoms with Crippen molar-refractivity contribution in [1.29, 1.82) is 0 Å². The van der Waals surface area contributed by atoms with E-state index in [9.17, 15) is 10.1 Å². The number of rotatable bonds is 5. The van der Waals surface area contributed by atoms with Crippen molar-refractivity contribution in [2.45, 2.75) is 20.3 Å². The molecule has 0 unspecified atom stereocenters. The van der Waals surface area contributed by atoms with Gasteiger partial charge in [-0.05, 0) is 31.5 Å². The highest BCUT2D eigenvalue weighted by atomic mass is 16.6. The van der Waals surface area contributed by atoms with Gasteiger partial charge in [-0.15, -0.1) is 0 Å². The molecule has 110 valence electrons. The van der Waals surface area contributed by atoms with Crippen molar-refractivity contribution in [3.8, 4) is 11.6 Å². The van der Waals surface area contributed by atoms with Gasteiger partial charge >= 0.3 is 11.6 Å². The molecule has 0 aliphatic rings. The van der Waals surface area contributed by atoms with Crippen LogP contribution in [0.2, 0.25) is 0 Å². The van der Waals surface area contributed by atoms with Crippen molar-refractivity contribution in [2.24, 2.45) is 0 Å². The van der Waals surface area contributed by atoms with Gasteiger partial charge in [0.15, 0.2) is 5.75 Å². The minimum absolute atomic E-state index is 0.0489. The predicted octanol–water partition coefficient (Wildman–Crippen LogP) is 3.09. The van der Waals surface area contributed by atoms with Crippen LogP contribution in [0, 0.1) is 17.0 Å². The zero-order valence-corrected chi connectivity index (χ0v) is 12.1. The Morgan fingerprint density at radius 1 is 1.29 bits per heavy atom. The maximum absolute atomic E-state index is 11.1. The van der Waals surface area contributed by atoms with Crippen LogP contribution in [0.4, 0.5) is 11.5 Å². The van der Waals surface area contributed by atoms with E-state index in [4.69, 9.17) is 4.74 Å². The molecule has 0 aliphatic carbocycles. The fraction of sp³-hybridized carbons (Fsp3) is 0.286. The first kappa shape index (κ1) is 14.7. The van der Waals surface area contributed by atoms with Crippen LogP contribution in [0.5, 0.6) is 11.6 Å². The van der Waals surface area contributed by atoms with Gasteiger partial charge in [0.05, 0.1) is 10.6 Å². The molecule has 0 spiro atoms. The Morgan fingerprint density at radius 3 is 2.67 bits per heavy atom. The van der Waals surface area contributed by atoms with E-state index in [1.54, 1.807) is 19.2 Å². The van der Waals surface area contributed by atoms with Crippen LogP contribution in [-0.4, -0.2) is 21.9 Å². The topological polar surface area (TPSA) is 90.2 Å². The van der Waals surface area contributed by atoms with Gasteiger partial charge in [0, 0.05) is 18.8 Å². The molecule has 7 nitrogen and oxygen atoms in total. The van der Waals surface area contributed by atoms with Crippen LogP contribution in [0.25, 0.3) is 0 Å². The molecule has 0 radical (unpaired) electrons. The SMILES string of the molecule is CCc1nc(C)ccc1Oc1nc(NC)ccc1[N+](=O)[O-]. The molecule has 2 rings (SSSR count). The fourth-order valence-corrected chi connectivity index (χ4v) is 1.83. The Bertz CT molecular complexity index is 673. The summed E-state index contributed by atoms with van der Waals surface area (Å²) in [5.41, 5.74) is 1.42. The Morgan fingerprint density at radius 2 is 2.05 bits per heavy atom. The number of aromatic nitrogens is 2. The van der Waals surface area contributed by atoms with E-state index in [0.717, 1.165) is 11.4 Å². The van der Waals surface area contributed by atoms with Crippen molar-refractivity contribution < 1.29 is 9.66 Å². The first-order valence-corrected chi connectivity index (χ1v) is 6.52. The Labute approximate surface area is 122 Å². The second-order valence-corrected chi connectivity index (χ2v) is 4.38. The Hall–Kier alpha value is -2.70. The molecule has 0 aliphatic heterocycles. The average molecular weight is 288 g/mol. The van der Waals surface area contributed by atoms with Crippen LogP contribution in [0.1, 0.15) is 18.3 Å². The molecule has 0 atom stereocenters. The van der Waals surface area contributed by atoms with Crippen molar-refractivity contribution >= 4 is 11.5 Å². The number of nitrogens with zero attached hydrogens (tertiary/aromatic N) is 3. The van der Waals surface area contributed by atoms with Crippen molar-refractivity contribution in [3.63, 3.8) is 0 Å². The average Bonchev–Trinajstić information content (AvgIpc) is 2.48. The highest BCUT2D eigenvalue weighted by Crippen LogP contribution is 2.32. The van der Waals surface area contributed by atoms with Gasteiger partial charge in [-0.3, -0.25) is 15.1 Å². The monoisotopic (exact) mass is 288 g/mol. The summed E-state index contributed by atoms with van der Waals surface area (Å²) in [6.07, 6.45) is 0.663. The summed E-state index contributed by atoms with van der Waals surface area (Å²) in [6, 6.07) is 6.43. The number of nitro groups is 1. The Balaban J connectivity index is 2.45. The van der Waals surface area contributed by atoms with Crippen LogP contribution in [0.15, 0.2) is 24.3 Å². The molecule has 2 heterocycles. The summed E-state index contributed by atoms with van der Waals surface area (Å²) in [4.78, 5) is 19.0. The normalized spacial score (nSPS) is 10.2. The molecule has 2 aromatic rings. The van der Waals surface area contributed by atoms with E-state index in [2.05, 4.69) is 15.3 Å². The molecule has 1 N–H and O–H groups in total. The lowest BCUT2D eigenvalue weighted by atomic mass is 10.2. The third-order valence-electron chi connectivity index (χ3n) is 2.91. The summed E-state index contributed by atoms with van der Waals surface area (Å²) >= 11 is 0. The van der Waals surface area contributed by atoms with Crippen LogP contribution in [0.3, 0.4) is 0 Å². The number of ether oxygens (including phenoxy) is 1. The second kappa shape index (κ2) is 6.17. The van der Waals surface area contributed by atoms with E-state index in [0.29, 0.717) is 18.0 Å². The quantitative estimate of drug-likeness (QED) is 0.671. The zero-order valence-electron chi connectivity index (χ0n) is 12.1. The summed E-state index contributed by atoms with van der Waals surface area (Å²) in [5.74, 6) is 0.924. The maximum Gasteiger partial charge on any atom is 0.331 e. The van der Waals surface area contributed by atoms with Crippen molar-refractivity contribution in [3.05, 3.63) is 45.8 Å². The first-order chi connectivity index (χ1) is 10.0. The van der Waals surface area contributed by atoms with Crippen LogP contribution >= 0.6 is 0 Å². The molecular formula is C14H16N4O3. The van der Waals surface area contributed by atoms with Crippen LogP contribution < -0.4 is 10.1 Å². The third-order valence-corrected chi connectivity index (χ3v) is 2.91. The highest BCUT2D eigenvalue weighted by Gasteiger charge is 2.19. The standard InChI is InChI=1S/C14H16N4O3/c1-4-10-12(7-5-9(2)16-10)21-14-11(18(19)20)6-8-13(15-3)17-14/h5-8H,4H2,1-3H3,(H,15,17). The second-order valence-electron chi connectivity index (χ2n) is 4.38. The molecule has 0 fully saturated rings. The third kappa shape index (κ3) is 3.25. The number of pyridine rings is 2. The summed E-state index contributed by atoms with van der Waals surface area (Å²) in [6.45, 7) is 3.83. The summed E-state index contributed by atoms with van der Waals surface area (Å²) < 4.78 is 5.64. The van der Waals surface area contributed by atoms with Crippen molar-refractivity contribution in [1.82, 2.24) is 9.97 Å². The van der Waals surface area contributed by atoms with Gasteiger partial charge in [-0.1, -0.05) is 6.92 Å². The van der Waals surface area contributed by atoms with Gasteiger partial charge in [-0.2, -0.15) is 4.98 Å². The van der Waals surface area contributed by atoms with Gasteiger partial charge in [0.2, 0.25) is 0 Å². The molecule has 0 amide bonds. The van der Waals surface area contributed by atoms with E-state index in [1.807, 2.05) is 13.8 Å². The van der Waals surface area contributed by atoms with Gasteiger partial charge in [0.1, 0.15) is 5.82 Å². The fourth-order valence-electron chi connectivity index (χ4n) is 1.83. The first-order valence-electron chi connectivity index (χ1n) is 6.52. The zero-order chi connectivity index (χ0) is 15.4. The highest BCUT2D eigenvalue weighted by molar-refractivity contribution is 5.50. The lowest BCUT2D eigenvalue weighted by molar-refractivity contribution is -0.386. The largest absolute Gasteiger partial charge is 0.432 e. The molecular weight excluding hydrogens is 272 g/mol. The number of hydrogen-bond acceptors (Lipinski definition) is 6. The van der Waals surface area contributed by atoms with E-state index in [1.165, 1.54) is 12.1 Å². The van der Waals surface area contributed by atoms with E-state index >= 15 is 0 Å². The smallest absolute Gasteiger partial charge is 0.331 e. The minimum atomic E-state index is -0.519. The maximum atomic E-state index is 11.1. The number of hydrogen-bond donors (Lipinski definition) is 1. The van der Waals surface area contributed by atoms with Gasteiger partial charge < -0.3 is 10.1 Å². The van der Waals surface area contributed by atoms with Crippen LogP contribution in [-0.2, 0) is 6.42 Å². The summed E-state index contributed by atoms with van der Waals surface area (Å²) in [5, 5.41) is 13.9. The van der Waals surface area contributed by atoms with E-state index in [-0.39, 0.29) is 11.6 Å². The molecule has 21 heavy (non-hydrogen) atoms. The molecule has 7 heteroatoms. The minimum Gasteiger partial charge on any atom is -0.432 e.